The first-order valence-electron chi connectivity index (χ1n) is 27.3. The summed E-state index contributed by atoms with van der Waals surface area (Å²) in [5.74, 6) is -37.9. The number of alkyl halides is 22. The molecule has 16 aliphatic carbocycles. The maximum Gasteiger partial charge on any atom is 0.256 e. The van der Waals surface area contributed by atoms with Crippen LogP contribution in [0.1, 0.15) is 167 Å². The Labute approximate surface area is 452 Å². The molecule has 0 heterocycles. The van der Waals surface area contributed by atoms with Crippen LogP contribution in [0.15, 0.2) is 0 Å². The Bertz CT molecular complexity index is 2740. The van der Waals surface area contributed by atoms with Gasteiger partial charge in [0.05, 0.1) is 37.9 Å². The zero-order valence-electron chi connectivity index (χ0n) is 40.4. The summed E-state index contributed by atoms with van der Waals surface area (Å²) in [4.78, 5) is 0. The molecule has 0 saturated heterocycles. The number of halogens is 22. The molecular formula is C53H54Cl6F16. The van der Waals surface area contributed by atoms with Crippen LogP contribution < -0.4 is 0 Å². The highest BCUT2D eigenvalue weighted by atomic mass is 35.5. The van der Waals surface area contributed by atoms with Gasteiger partial charge in [-0.1, -0.05) is 32.1 Å². The second kappa shape index (κ2) is 12.1. The lowest BCUT2D eigenvalue weighted by Crippen LogP contribution is -2.74. The van der Waals surface area contributed by atoms with E-state index >= 15 is 70.2 Å². The molecule has 16 saturated carbocycles. The second-order valence-electron chi connectivity index (χ2n) is 28.9. The number of hydrogen-bond donors (Lipinski definition) is 0. The van der Waals surface area contributed by atoms with Crippen LogP contribution in [0.5, 0.6) is 0 Å². The van der Waals surface area contributed by atoms with E-state index in [0.717, 1.165) is 44.9 Å². The van der Waals surface area contributed by atoms with Crippen molar-refractivity contribution in [1.29, 1.82) is 0 Å². The maximum absolute atomic E-state index is 18.2. The van der Waals surface area contributed by atoms with Crippen molar-refractivity contribution in [3.8, 4) is 0 Å². The molecule has 0 aliphatic heterocycles. The molecule has 16 fully saturated rings. The summed E-state index contributed by atoms with van der Waals surface area (Å²) in [7, 11) is 0. The molecule has 22 heteroatoms. The van der Waals surface area contributed by atoms with E-state index in [9.17, 15) is 0 Å². The number of rotatable bonds is 15. The minimum absolute atomic E-state index is 0.0467. The van der Waals surface area contributed by atoms with Gasteiger partial charge in [-0.05, 0) is 111 Å². The maximum atomic E-state index is 18.2. The fourth-order valence-electron chi connectivity index (χ4n) is 25.1. The standard InChI is InChI=1S/C53H54Cl6F16/c54-44(55)18-37(44,38(19-45(38,56)57)41(24-51(41,70)71)36(22-49(36,66)67)33(17-47(33,62)63)28-16-34(28,60)61)39(20-46(39,58)59)42(25-52(42,72)73)43(26-53(43,74)75)40(23-50(40,68)69)35(21-48(35,64)65)32(14-5-15-32)31(12-4-13-31)30(10-3-11-30)29(8-2-9-29)27-6-1-7-27/h27-28H,1-26H2. The van der Waals surface area contributed by atoms with Gasteiger partial charge in [-0.2, -0.15) is 0 Å². The highest BCUT2D eigenvalue weighted by molar-refractivity contribution is 6.56. The van der Waals surface area contributed by atoms with E-state index in [1.165, 1.54) is 0 Å². The van der Waals surface area contributed by atoms with Gasteiger partial charge in [-0.25, -0.2) is 70.2 Å². The average molecular weight is 1210 g/mol. The van der Waals surface area contributed by atoms with Gasteiger partial charge in [0.2, 0.25) is 0 Å². The first kappa shape index (κ1) is 51.3. The first-order chi connectivity index (χ1) is 34.1. The summed E-state index contributed by atoms with van der Waals surface area (Å²) >= 11 is 42.6. The first-order valence-corrected chi connectivity index (χ1v) is 29.5. The third kappa shape index (κ3) is 4.19. The van der Waals surface area contributed by atoms with Crippen molar-refractivity contribution < 1.29 is 70.2 Å². The monoisotopic (exact) mass is 1200 g/mol. The Hall–Kier alpha value is 0.620. The molecule has 11 atom stereocenters. The fraction of sp³-hybridized carbons (Fsp3) is 1.00. The van der Waals surface area contributed by atoms with E-state index < -0.39 is 207 Å². The van der Waals surface area contributed by atoms with Gasteiger partial charge in [0.1, 0.15) is 13.0 Å². The highest BCUT2D eigenvalue weighted by Gasteiger charge is 3.20. The lowest BCUT2D eigenvalue weighted by molar-refractivity contribution is -0.337. The molecule has 0 bridgehead atoms. The van der Waals surface area contributed by atoms with E-state index in [4.69, 9.17) is 69.6 Å². The van der Waals surface area contributed by atoms with Gasteiger partial charge < -0.3 is 0 Å². The minimum Gasteiger partial charge on any atom is -0.207 e. The van der Waals surface area contributed by atoms with Gasteiger partial charge >= 0.3 is 0 Å². The fourth-order valence-corrected chi connectivity index (χ4v) is 28.3. The van der Waals surface area contributed by atoms with Crippen LogP contribution in [0.4, 0.5) is 70.2 Å². The number of hydrogen-bond acceptors (Lipinski definition) is 0. The quantitative estimate of drug-likeness (QED) is 0.113. The third-order valence-corrected chi connectivity index (χ3v) is 31.0. The Morgan fingerprint density at radius 3 is 0.747 bits per heavy atom. The van der Waals surface area contributed by atoms with E-state index in [2.05, 4.69) is 0 Å². The molecule has 0 spiro atoms. The van der Waals surface area contributed by atoms with Gasteiger partial charge in [0.15, 0.2) is 0 Å². The molecule has 16 rings (SSSR count). The molecule has 0 amide bonds. The molecule has 75 heavy (non-hydrogen) atoms. The van der Waals surface area contributed by atoms with Crippen LogP contribution in [0.3, 0.4) is 0 Å². The SMILES string of the molecule is FC1(F)CC1C1(C2(C3(C4(C5(C6(C7(C8(C9(C%10(C%11(C%12(C%13(C%14(C%15CCC%15)CCC%14)CCC%13)CCC%12)CCC%11)CC%10(F)F)CC9(F)F)CC8(F)F)CC7(F)F)CC6(Cl)Cl)CC5(Cl)Cl)CC4(Cl)Cl)CC3(F)F)CC2(F)F)CC1(F)F. The Balaban J connectivity index is 0.926. The largest absolute Gasteiger partial charge is 0.256 e. The molecule has 420 valence electrons. The summed E-state index contributed by atoms with van der Waals surface area (Å²) < 4.78 is 268. The van der Waals surface area contributed by atoms with Crippen molar-refractivity contribution in [2.75, 3.05) is 0 Å². The third-order valence-electron chi connectivity index (χ3n) is 28.3. The smallest absolute Gasteiger partial charge is 0.207 e. The highest BCUT2D eigenvalue weighted by Crippen LogP contribution is 3.14. The Morgan fingerprint density at radius 1 is 0.280 bits per heavy atom. The Morgan fingerprint density at radius 2 is 0.547 bits per heavy atom. The molecule has 0 N–H and O–H groups in total. The van der Waals surface area contributed by atoms with Gasteiger partial charge in [0, 0.05) is 73.5 Å². The molecule has 0 aromatic heterocycles. The molecule has 11 unspecified atom stereocenters. The Kier molecular flexibility index (Phi) is 8.29. The van der Waals surface area contributed by atoms with Crippen LogP contribution in [0.2, 0.25) is 0 Å². The topological polar surface area (TPSA) is 0 Å². The van der Waals surface area contributed by atoms with Gasteiger partial charge in [-0.15, -0.1) is 69.6 Å². The van der Waals surface area contributed by atoms with Crippen molar-refractivity contribution >= 4 is 69.6 Å². The predicted molar refractivity (Wildman–Crippen MR) is 244 cm³/mol. The van der Waals surface area contributed by atoms with Crippen LogP contribution in [0, 0.1) is 87.6 Å². The molecule has 0 nitrogen and oxygen atoms in total. The normalized spacial score (nSPS) is 56.2. The van der Waals surface area contributed by atoms with Crippen LogP contribution in [0.25, 0.3) is 0 Å². The predicted octanol–water partition coefficient (Wildman–Crippen LogP) is 19.0. The van der Waals surface area contributed by atoms with E-state index in [0.29, 0.717) is 32.1 Å². The summed E-state index contributed by atoms with van der Waals surface area (Å²) in [6.07, 6.45) is -8.18. The van der Waals surface area contributed by atoms with Crippen molar-refractivity contribution in [1.82, 2.24) is 0 Å². The second-order valence-corrected chi connectivity index (χ2v) is 33.3. The van der Waals surface area contributed by atoms with E-state index in [1.807, 2.05) is 0 Å². The molecule has 0 aromatic rings. The van der Waals surface area contributed by atoms with Crippen LogP contribution >= 0.6 is 69.6 Å². The van der Waals surface area contributed by atoms with Gasteiger partial charge in [-0.3, -0.25) is 0 Å². The lowest BCUT2D eigenvalue weighted by atomic mass is 9.23. The zero-order chi connectivity index (χ0) is 54.0. The summed E-state index contributed by atoms with van der Waals surface area (Å²) in [6.45, 7) is 0. The molecule has 0 radical (unpaired) electrons. The molecule has 0 aromatic carbocycles. The van der Waals surface area contributed by atoms with E-state index in [1.54, 1.807) is 0 Å². The van der Waals surface area contributed by atoms with E-state index in [-0.39, 0.29) is 30.6 Å². The van der Waals surface area contributed by atoms with Crippen LogP contribution in [-0.2, 0) is 0 Å². The molecular weight excluding hydrogens is 1150 g/mol. The summed E-state index contributed by atoms with van der Waals surface area (Å²) in [5, 5.41) is 0. The lowest BCUT2D eigenvalue weighted by Gasteiger charge is -2.81. The van der Waals surface area contributed by atoms with Crippen molar-refractivity contribution in [3.05, 3.63) is 0 Å². The zero-order valence-corrected chi connectivity index (χ0v) is 44.9. The van der Waals surface area contributed by atoms with Crippen LogP contribution in [-0.4, -0.2) is 60.4 Å². The summed E-state index contributed by atoms with van der Waals surface area (Å²) in [5.41, 5.74) is -38.8. The van der Waals surface area contributed by atoms with Crippen molar-refractivity contribution in [2.24, 2.45) is 87.6 Å². The molecule has 16 aliphatic rings. The summed E-state index contributed by atoms with van der Waals surface area (Å²) in [6, 6.07) is 0. The average Bonchev–Trinajstić information content (AvgIpc) is 3.96. The van der Waals surface area contributed by atoms with Crippen molar-refractivity contribution in [3.63, 3.8) is 0 Å². The van der Waals surface area contributed by atoms with Crippen molar-refractivity contribution in [2.45, 2.75) is 227 Å². The van der Waals surface area contributed by atoms with Gasteiger partial charge in [0.25, 0.3) is 47.4 Å². The minimum atomic E-state index is -4.65.